The van der Waals surface area contributed by atoms with Crippen LogP contribution in [0, 0.1) is 0 Å². The van der Waals surface area contributed by atoms with Crippen LogP contribution in [0.3, 0.4) is 0 Å². The van der Waals surface area contributed by atoms with Crippen molar-refractivity contribution in [3.05, 3.63) is 29.3 Å². The van der Waals surface area contributed by atoms with E-state index in [1.807, 2.05) is 25.2 Å². The molecule has 1 aromatic carbocycles. The lowest BCUT2D eigenvalue weighted by Gasteiger charge is -2.19. The summed E-state index contributed by atoms with van der Waals surface area (Å²) >= 11 is 1.65. The number of hydrogen-bond acceptors (Lipinski definition) is 5. The van der Waals surface area contributed by atoms with Gasteiger partial charge in [-0.3, -0.25) is 10.2 Å². The third-order valence-electron chi connectivity index (χ3n) is 4.00. The molecule has 2 heterocycles. The van der Waals surface area contributed by atoms with Crippen LogP contribution in [0.25, 0.3) is 10.2 Å². The molecular weight excluding hydrogens is 296 g/mol. The molecule has 1 saturated heterocycles. The highest BCUT2D eigenvalue weighted by Crippen LogP contribution is 2.22. The Hall–Kier alpha value is -1.50. The first-order valence-corrected chi connectivity index (χ1v) is 8.59. The molecule has 0 spiro atoms. The molecule has 1 amide bonds. The first kappa shape index (κ1) is 15.4. The van der Waals surface area contributed by atoms with E-state index in [0.717, 1.165) is 29.8 Å². The second-order valence-corrected chi connectivity index (χ2v) is 6.95. The molecule has 3 rings (SSSR count). The van der Waals surface area contributed by atoms with E-state index in [0.29, 0.717) is 12.6 Å². The number of hydrazine groups is 1. The number of nitrogens with zero attached hydrogens (tertiary/aromatic N) is 2. The lowest BCUT2D eigenvalue weighted by atomic mass is 10.1. The largest absolute Gasteiger partial charge is 0.338 e. The summed E-state index contributed by atoms with van der Waals surface area (Å²) in [5, 5.41) is 0.980. The SMILES string of the molecule is CCCC1CC(C(=O)N(C)Cc2nc3ccccc3s2)NN1. The van der Waals surface area contributed by atoms with Crippen molar-refractivity contribution in [2.75, 3.05) is 7.05 Å². The van der Waals surface area contributed by atoms with E-state index in [1.54, 1.807) is 16.2 Å². The Kier molecular flexibility index (Phi) is 4.71. The third kappa shape index (κ3) is 3.29. The van der Waals surface area contributed by atoms with Crippen LogP contribution in [0.4, 0.5) is 0 Å². The minimum atomic E-state index is -0.129. The molecule has 6 heteroatoms. The molecule has 118 valence electrons. The molecular formula is C16H22N4OS. The molecule has 1 aromatic heterocycles. The number of amides is 1. The van der Waals surface area contributed by atoms with Crippen LogP contribution in [0.15, 0.2) is 24.3 Å². The van der Waals surface area contributed by atoms with E-state index in [9.17, 15) is 4.79 Å². The Bertz CT molecular complexity index is 623. The molecule has 0 aliphatic carbocycles. The number of para-hydroxylation sites is 1. The normalized spacial score (nSPS) is 21.4. The highest BCUT2D eigenvalue weighted by molar-refractivity contribution is 7.18. The van der Waals surface area contributed by atoms with Crippen LogP contribution in [-0.2, 0) is 11.3 Å². The molecule has 2 N–H and O–H groups in total. The lowest BCUT2D eigenvalue weighted by Crippen LogP contribution is -2.43. The Morgan fingerprint density at radius 1 is 1.41 bits per heavy atom. The smallest absolute Gasteiger partial charge is 0.241 e. The molecule has 0 bridgehead atoms. The third-order valence-corrected chi connectivity index (χ3v) is 5.03. The van der Waals surface area contributed by atoms with Gasteiger partial charge >= 0.3 is 0 Å². The van der Waals surface area contributed by atoms with Gasteiger partial charge in [0.2, 0.25) is 5.91 Å². The Morgan fingerprint density at radius 2 is 2.23 bits per heavy atom. The number of likely N-dealkylation sites (N-methyl/N-ethyl adjacent to an activating group) is 1. The van der Waals surface area contributed by atoms with Crippen LogP contribution in [0.5, 0.6) is 0 Å². The van der Waals surface area contributed by atoms with Crippen LogP contribution in [0.1, 0.15) is 31.2 Å². The number of aromatic nitrogens is 1. The predicted molar refractivity (Wildman–Crippen MR) is 89.5 cm³/mol. The number of carbonyl (C=O) groups is 1. The van der Waals surface area contributed by atoms with Gasteiger partial charge in [0, 0.05) is 13.1 Å². The van der Waals surface area contributed by atoms with Gasteiger partial charge in [-0.25, -0.2) is 10.4 Å². The van der Waals surface area contributed by atoms with Crippen molar-refractivity contribution in [1.82, 2.24) is 20.7 Å². The molecule has 2 atom stereocenters. The number of fused-ring (bicyclic) bond motifs is 1. The first-order valence-electron chi connectivity index (χ1n) is 7.78. The van der Waals surface area contributed by atoms with Crippen LogP contribution in [0.2, 0.25) is 0 Å². The van der Waals surface area contributed by atoms with Gasteiger partial charge in [-0.15, -0.1) is 11.3 Å². The van der Waals surface area contributed by atoms with E-state index >= 15 is 0 Å². The Morgan fingerprint density at radius 3 is 3.00 bits per heavy atom. The molecule has 1 aliphatic heterocycles. The molecule has 0 saturated carbocycles. The molecule has 1 fully saturated rings. The van der Waals surface area contributed by atoms with Crippen molar-refractivity contribution in [2.45, 2.75) is 44.8 Å². The van der Waals surface area contributed by atoms with Crippen molar-refractivity contribution < 1.29 is 4.79 Å². The van der Waals surface area contributed by atoms with Gasteiger partial charge < -0.3 is 4.90 Å². The topological polar surface area (TPSA) is 57.3 Å². The van der Waals surface area contributed by atoms with Crippen molar-refractivity contribution in [3.63, 3.8) is 0 Å². The Labute approximate surface area is 134 Å². The van der Waals surface area contributed by atoms with E-state index in [-0.39, 0.29) is 11.9 Å². The summed E-state index contributed by atoms with van der Waals surface area (Å²) in [5.41, 5.74) is 7.35. The number of nitrogens with one attached hydrogen (secondary N) is 2. The summed E-state index contributed by atoms with van der Waals surface area (Å²) in [5.74, 6) is 0.130. The highest BCUT2D eigenvalue weighted by Gasteiger charge is 2.30. The number of hydrogen-bond donors (Lipinski definition) is 2. The van der Waals surface area contributed by atoms with Crippen molar-refractivity contribution in [3.8, 4) is 0 Å². The predicted octanol–water partition coefficient (Wildman–Crippen LogP) is 2.29. The summed E-state index contributed by atoms with van der Waals surface area (Å²) in [7, 11) is 1.85. The van der Waals surface area contributed by atoms with Crippen LogP contribution < -0.4 is 10.9 Å². The first-order chi connectivity index (χ1) is 10.7. The van der Waals surface area contributed by atoms with Gasteiger partial charge in [0.05, 0.1) is 16.8 Å². The van der Waals surface area contributed by atoms with Crippen LogP contribution >= 0.6 is 11.3 Å². The average molecular weight is 318 g/mol. The number of benzene rings is 1. The zero-order valence-electron chi connectivity index (χ0n) is 13.0. The zero-order chi connectivity index (χ0) is 15.5. The summed E-state index contributed by atoms with van der Waals surface area (Å²) < 4.78 is 1.17. The maximum absolute atomic E-state index is 12.5. The number of carbonyl (C=O) groups excluding carboxylic acids is 1. The lowest BCUT2D eigenvalue weighted by molar-refractivity contribution is -0.132. The minimum Gasteiger partial charge on any atom is -0.338 e. The fraction of sp³-hybridized carbons (Fsp3) is 0.500. The molecule has 22 heavy (non-hydrogen) atoms. The molecule has 1 aliphatic rings. The molecule has 2 unspecified atom stereocenters. The van der Waals surface area contributed by atoms with Gasteiger partial charge in [0.25, 0.3) is 0 Å². The van der Waals surface area contributed by atoms with Crippen molar-refractivity contribution in [2.24, 2.45) is 0 Å². The summed E-state index contributed by atoms with van der Waals surface area (Å²) in [6.45, 7) is 2.73. The maximum Gasteiger partial charge on any atom is 0.241 e. The minimum absolute atomic E-state index is 0.129. The second kappa shape index (κ2) is 6.73. The fourth-order valence-corrected chi connectivity index (χ4v) is 3.88. The molecule has 5 nitrogen and oxygen atoms in total. The Balaban J connectivity index is 1.61. The number of thiazole rings is 1. The standard InChI is InChI=1S/C16H22N4OS/c1-3-6-11-9-13(19-18-11)16(21)20(2)10-15-17-12-7-4-5-8-14(12)22-15/h4-5,7-8,11,13,18-19H,3,6,9-10H2,1-2H3. The summed E-state index contributed by atoms with van der Waals surface area (Å²) in [4.78, 5) is 18.9. The van der Waals surface area contributed by atoms with E-state index in [4.69, 9.17) is 0 Å². The van der Waals surface area contributed by atoms with Gasteiger partial charge in [-0.1, -0.05) is 25.5 Å². The quantitative estimate of drug-likeness (QED) is 0.888. The second-order valence-electron chi connectivity index (χ2n) is 5.83. The average Bonchev–Trinajstić information content (AvgIpc) is 3.12. The molecule has 0 radical (unpaired) electrons. The number of rotatable bonds is 5. The molecule has 2 aromatic rings. The summed E-state index contributed by atoms with van der Waals surface area (Å²) in [6, 6.07) is 8.35. The monoisotopic (exact) mass is 318 g/mol. The van der Waals surface area contributed by atoms with Crippen molar-refractivity contribution >= 4 is 27.5 Å². The van der Waals surface area contributed by atoms with Crippen molar-refractivity contribution in [1.29, 1.82) is 0 Å². The van der Waals surface area contributed by atoms with E-state index in [2.05, 4.69) is 28.8 Å². The summed E-state index contributed by atoms with van der Waals surface area (Å²) in [6.07, 6.45) is 3.08. The van der Waals surface area contributed by atoms with E-state index in [1.165, 1.54) is 4.70 Å². The fourth-order valence-electron chi connectivity index (χ4n) is 2.86. The van der Waals surface area contributed by atoms with Crippen LogP contribution in [-0.4, -0.2) is 34.9 Å². The van der Waals surface area contributed by atoms with Gasteiger partial charge in [0.1, 0.15) is 11.0 Å². The van der Waals surface area contributed by atoms with E-state index < -0.39 is 0 Å². The zero-order valence-corrected chi connectivity index (χ0v) is 13.8. The van der Waals surface area contributed by atoms with Gasteiger partial charge in [0.15, 0.2) is 0 Å². The van der Waals surface area contributed by atoms with Gasteiger partial charge in [-0.2, -0.15) is 0 Å². The highest BCUT2D eigenvalue weighted by atomic mass is 32.1. The van der Waals surface area contributed by atoms with Gasteiger partial charge in [-0.05, 0) is 25.0 Å². The maximum atomic E-state index is 12.5.